The molecule has 18 heavy (non-hydrogen) atoms. The molecule has 6 heteroatoms. The molecule has 1 aromatic carbocycles. The van der Waals surface area contributed by atoms with Crippen LogP contribution in [0.15, 0.2) is 24.3 Å². The summed E-state index contributed by atoms with van der Waals surface area (Å²) in [6, 6.07) is 6.91. The van der Waals surface area contributed by atoms with E-state index in [-0.39, 0.29) is 0 Å². The van der Waals surface area contributed by atoms with Gasteiger partial charge < -0.3 is 10.1 Å². The standard InChI is InChI=1S/C12H14F3NO2/c1-8-4-3-5-10(6-8)9(2)16-11(17)18-7-12(13,14)15/h3-6,9H,7H2,1-2H3,(H,16,17)/t9-/m0/s1. The molecule has 0 aliphatic heterocycles. The van der Waals surface area contributed by atoms with E-state index in [4.69, 9.17) is 0 Å². The van der Waals surface area contributed by atoms with Crippen LogP contribution >= 0.6 is 0 Å². The van der Waals surface area contributed by atoms with Gasteiger partial charge in [-0.1, -0.05) is 29.8 Å². The molecule has 1 aromatic rings. The summed E-state index contributed by atoms with van der Waals surface area (Å²) in [5, 5.41) is 2.33. The van der Waals surface area contributed by atoms with E-state index in [1.54, 1.807) is 13.0 Å². The van der Waals surface area contributed by atoms with Gasteiger partial charge in [-0.25, -0.2) is 4.79 Å². The van der Waals surface area contributed by atoms with Crippen LogP contribution < -0.4 is 5.32 Å². The Kier molecular flexibility index (Phi) is 4.58. The van der Waals surface area contributed by atoms with Gasteiger partial charge in [0.1, 0.15) is 0 Å². The van der Waals surface area contributed by atoms with Crippen molar-refractivity contribution in [3.63, 3.8) is 0 Å². The van der Waals surface area contributed by atoms with Crippen LogP contribution in [0.5, 0.6) is 0 Å². The summed E-state index contributed by atoms with van der Waals surface area (Å²) in [5.74, 6) is 0. The van der Waals surface area contributed by atoms with E-state index in [0.29, 0.717) is 0 Å². The lowest BCUT2D eigenvalue weighted by Crippen LogP contribution is -2.30. The highest BCUT2D eigenvalue weighted by Gasteiger charge is 2.29. The van der Waals surface area contributed by atoms with Gasteiger partial charge in [0.2, 0.25) is 0 Å². The maximum atomic E-state index is 11.8. The first-order valence-electron chi connectivity index (χ1n) is 5.34. The third-order valence-electron chi connectivity index (χ3n) is 2.24. The first-order chi connectivity index (χ1) is 8.28. The van der Waals surface area contributed by atoms with E-state index in [0.717, 1.165) is 11.1 Å². The molecule has 0 aliphatic rings. The second-order valence-corrected chi connectivity index (χ2v) is 3.97. The van der Waals surface area contributed by atoms with Crippen molar-refractivity contribution >= 4 is 6.09 Å². The van der Waals surface area contributed by atoms with Crippen LogP contribution in [0.1, 0.15) is 24.1 Å². The van der Waals surface area contributed by atoms with E-state index in [1.807, 2.05) is 25.1 Å². The van der Waals surface area contributed by atoms with Crippen molar-refractivity contribution < 1.29 is 22.7 Å². The first kappa shape index (κ1) is 14.3. The van der Waals surface area contributed by atoms with Crippen LogP contribution in [0.4, 0.5) is 18.0 Å². The lowest BCUT2D eigenvalue weighted by molar-refractivity contribution is -0.160. The number of hydrogen-bond acceptors (Lipinski definition) is 2. The Morgan fingerprint density at radius 3 is 2.67 bits per heavy atom. The second-order valence-electron chi connectivity index (χ2n) is 3.97. The first-order valence-corrected chi connectivity index (χ1v) is 5.34. The number of alkyl halides is 3. The van der Waals surface area contributed by atoms with Crippen molar-refractivity contribution in [2.45, 2.75) is 26.1 Å². The monoisotopic (exact) mass is 261 g/mol. The normalized spacial score (nSPS) is 12.9. The highest BCUT2D eigenvalue weighted by atomic mass is 19.4. The number of amides is 1. The minimum Gasteiger partial charge on any atom is -0.440 e. The number of nitrogens with one attached hydrogen (secondary N) is 1. The molecule has 0 saturated carbocycles. The van der Waals surface area contributed by atoms with Crippen LogP contribution in [-0.2, 0) is 4.74 Å². The zero-order valence-electron chi connectivity index (χ0n) is 10.0. The van der Waals surface area contributed by atoms with Gasteiger partial charge in [0.05, 0.1) is 6.04 Å². The third kappa shape index (κ3) is 5.07. The van der Waals surface area contributed by atoms with Crippen LogP contribution in [0.3, 0.4) is 0 Å². The Morgan fingerprint density at radius 2 is 2.11 bits per heavy atom. The minimum absolute atomic E-state index is 0.411. The molecule has 0 radical (unpaired) electrons. The van der Waals surface area contributed by atoms with Gasteiger partial charge in [-0.05, 0) is 19.4 Å². The summed E-state index contributed by atoms with van der Waals surface area (Å²) in [7, 11) is 0. The van der Waals surface area contributed by atoms with Crippen LogP contribution in [0.2, 0.25) is 0 Å². The molecule has 0 aromatic heterocycles. The number of carbonyl (C=O) groups excluding carboxylic acids is 1. The molecule has 100 valence electrons. The van der Waals surface area contributed by atoms with Gasteiger partial charge in [-0.15, -0.1) is 0 Å². The number of hydrogen-bond donors (Lipinski definition) is 1. The third-order valence-corrected chi connectivity index (χ3v) is 2.24. The zero-order chi connectivity index (χ0) is 13.8. The molecule has 0 saturated heterocycles. The lowest BCUT2D eigenvalue weighted by atomic mass is 10.1. The van der Waals surface area contributed by atoms with Crippen molar-refractivity contribution in [3.05, 3.63) is 35.4 Å². The summed E-state index contributed by atoms with van der Waals surface area (Å²) in [6.07, 6.45) is -5.59. The van der Waals surface area contributed by atoms with Crippen molar-refractivity contribution in [1.29, 1.82) is 0 Å². The van der Waals surface area contributed by atoms with Gasteiger partial charge in [-0.3, -0.25) is 0 Å². The number of rotatable bonds is 3. The molecule has 0 spiro atoms. The van der Waals surface area contributed by atoms with Crippen LogP contribution in [0.25, 0.3) is 0 Å². The molecule has 1 N–H and O–H groups in total. The number of ether oxygens (including phenoxy) is 1. The molecule has 0 fully saturated rings. The van der Waals surface area contributed by atoms with E-state index >= 15 is 0 Å². The van der Waals surface area contributed by atoms with Crippen molar-refractivity contribution in [1.82, 2.24) is 5.32 Å². The molecular formula is C12H14F3NO2. The summed E-state index contributed by atoms with van der Waals surface area (Å²) >= 11 is 0. The number of halogens is 3. The second kappa shape index (κ2) is 5.75. The average Bonchev–Trinajstić information content (AvgIpc) is 2.25. The van der Waals surface area contributed by atoms with Crippen molar-refractivity contribution in [2.24, 2.45) is 0 Å². The van der Waals surface area contributed by atoms with Crippen molar-refractivity contribution in [2.75, 3.05) is 6.61 Å². The largest absolute Gasteiger partial charge is 0.440 e. The predicted octanol–water partition coefficient (Wildman–Crippen LogP) is 3.34. The molecule has 1 rings (SSSR count). The molecule has 1 amide bonds. The highest BCUT2D eigenvalue weighted by molar-refractivity contribution is 5.67. The van der Waals surface area contributed by atoms with Crippen molar-refractivity contribution in [3.8, 4) is 0 Å². The molecule has 0 heterocycles. The molecule has 0 unspecified atom stereocenters. The maximum absolute atomic E-state index is 11.8. The van der Waals surface area contributed by atoms with E-state index in [9.17, 15) is 18.0 Å². The Labute approximate surface area is 103 Å². The Hall–Kier alpha value is -1.72. The minimum atomic E-state index is -4.51. The molecule has 0 bridgehead atoms. The topological polar surface area (TPSA) is 38.3 Å². The van der Waals surface area contributed by atoms with Gasteiger partial charge in [0.25, 0.3) is 0 Å². The van der Waals surface area contributed by atoms with Gasteiger partial charge >= 0.3 is 12.3 Å². The van der Waals surface area contributed by atoms with Gasteiger partial charge in [-0.2, -0.15) is 13.2 Å². The van der Waals surface area contributed by atoms with Gasteiger partial charge in [0.15, 0.2) is 6.61 Å². The predicted molar refractivity (Wildman–Crippen MR) is 60.1 cm³/mol. The summed E-state index contributed by atoms with van der Waals surface area (Å²) < 4.78 is 39.5. The fraction of sp³-hybridized carbons (Fsp3) is 0.417. The molecule has 0 aliphatic carbocycles. The highest BCUT2D eigenvalue weighted by Crippen LogP contribution is 2.16. The SMILES string of the molecule is Cc1cccc([C@H](C)NC(=O)OCC(F)(F)F)c1. The zero-order valence-corrected chi connectivity index (χ0v) is 10.0. The van der Waals surface area contributed by atoms with E-state index in [1.165, 1.54) is 0 Å². The lowest BCUT2D eigenvalue weighted by Gasteiger charge is -2.15. The average molecular weight is 261 g/mol. The summed E-state index contributed by atoms with van der Waals surface area (Å²) in [4.78, 5) is 11.1. The Morgan fingerprint density at radius 1 is 1.44 bits per heavy atom. The fourth-order valence-electron chi connectivity index (χ4n) is 1.39. The smallest absolute Gasteiger partial charge is 0.422 e. The fourth-order valence-corrected chi connectivity index (χ4v) is 1.39. The van der Waals surface area contributed by atoms with E-state index in [2.05, 4.69) is 10.1 Å². The van der Waals surface area contributed by atoms with Gasteiger partial charge in [0, 0.05) is 0 Å². The Bertz CT molecular complexity index is 418. The maximum Gasteiger partial charge on any atom is 0.422 e. The quantitative estimate of drug-likeness (QED) is 0.906. The molecule has 1 atom stereocenters. The van der Waals surface area contributed by atoms with Crippen LogP contribution in [-0.4, -0.2) is 18.9 Å². The molecular weight excluding hydrogens is 247 g/mol. The number of aryl methyl sites for hydroxylation is 1. The molecule has 3 nitrogen and oxygen atoms in total. The number of carbonyl (C=O) groups is 1. The Balaban J connectivity index is 2.50. The number of benzene rings is 1. The number of alkyl carbamates (subject to hydrolysis) is 1. The summed E-state index contributed by atoms with van der Waals surface area (Å²) in [5.41, 5.74) is 1.81. The summed E-state index contributed by atoms with van der Waals surface area (Å²) in [6.45, 7) is 1.97. The van der Waals surface area contributed by atoms with E-state index < -0.39 is 24.9 Å². The van der Waals surface area contributed by atoms with Crippen LogP contribution in [0, 0.1) is 6.92 Å².